The Hall–Kier alpha value is -2.85. The SMILES string of the molecule is CCC(C[C@@H]1C[C@H](c2ccc(OCCCOC)cc2)[C@@H](OCc2ccc3c(c2)N(CCCOC)CCO3)CN1)C(=O)NC. The van der Waals surface area contributed by atoms with Gasteiger partial charge in [0.2, 0.25) is 5.91 Å². The van der Waals surface area contributed by atoms with Crippen molar-refractivity contribution in [2.24, 2.45) is 5.92 Å². The van der Waals surface area contributed by atoms with Gasteiger partial charge in [-0.2, -0.15) is 0 Å². The van der Waals surface area contributed by atoms with Crippen molar-refractivity contribution < 1.29 is 28.5 Å². The van der Waals surface area contributed by atoms with Gasteiger partial charge in [0.15, 0.2) is 0 Å². The molecule has 4 atom stereocenters. The van der Waals surface area contributed by atoms with Crippen LogP contribution in [0.25, 0.3) is 0 Å². The molecule has 2 aliphatic heterocycles. The Labute approximate surface area is 257 Å². The normalized spacial score (nSPS) is 20.7. The molecule has 0 spiro atoms. The van der Waals surface area contributed by atoms with E-state index < -0.39 is 0 Å². The van der Waals surface area contributed by atoms with E-state index >= 15 is 0 Å². The molecule has 1 unspecified atom stereocenters. The number of piperidine rings is 1. The van der Waals surface area contributed by atoms with Crippen molar-refractivity contribution in [2.45, 2.75) is 63.7 Å². The largest absolute Gasteiger partial charge is 0.494 e. The molecule has 9 nitrogen and oxygen atoms in total. The van der Waals surface area contributed by atoms with Gasteiger partial charge in [-0.1, -0.05) is 25.1 Å². The molecule has 2 aromatic rings. The predicted octanol–water partition coefficient (Wildman–Crippen LogP) is 4.53. The number of fused-ring (bicyclic) bond motifs is 1. The molecule has 2 aromatic carbocycles. The zero-order valence-electron chi connectivity index (χ0n) is 26.4. The molecule has 2 N–H and O–H groups in total. The van der Waals surface area contributed by atoms with Crippen LogP contribution in [0.15, 0.2) is 42.5 Å². The first-order valence-electron chi connectivity index (χ1n) is 15.8. The van der Waals surface area contributed by atoms with Crippen LogP contribution in [-0.2, 0) is 25.6 Å². The Balaban J connectivity index is 1.45. The highest BCUT2D eigenvalue weighted by Crippen LogP contribution is 2.36. The molecule has 0 saturated carbocycles. The number of benzene rings is 2. The number of hydrogen-bond acceptors (Lipinski definition) is 8. The third-order valence-electron chi connectivity index (χ3n) is 8.57. The maximum absolute atomic E-state index is 12.5. The molecule has 1 saturated heterocycles. The highest BCUT2D eigenvalue weighted by molar-refractivity contribution is 5.78. The van der Waals surface area contributed by atoms with Crippen LogP contribution in [-0.4, -0.2) is 85.4 Å². The number of amides is 1. The van der Waals surface area contributed by atoms with Crippen LogP contribution >= 0.6 is 0 Å². The predicted molar refractivity (Wildman–Crippen MR) is 169 cm³/mol. The molecule has 238 valence electrons. The van der Waals surface area contributed by atoms with Crippen LogP contribution in [0.2, 0.25) is 0 Å². The number of rotatable bonds is 17. The summed E-state index contributed by atoms with van der Waals surface area (Å²) < 4.78 is 28.9. The zero-order valence-corrected chi connectivity index (χ0v) is 26.4. The second-order valence-electron chi connectivity index (χ2n) is 11.5. The van der Waals surface area contributed by atoms with E-state index in [4.69, 9.17) is 23.7 Å². The molecule has 0 radical (unpaired) electrons. The van der Waals surface area contributed by atoms with Gasteiger partial charge in [0, 0.05) is 71.9 Å². The van der Waals surface area contributed by atoms with E-state index in [1.807, 2.05) is 0 Å². The van der Waals surface area contributed by atoms with E-state index in [0.29, 0.717) is 26.4 Å². The van der Waals surface area contributed by atoms with Crippen molar-refractivity contribution in [1.82, 2.24) is 10.6 Å². The maximum atomic E-state index is 12.5. The molecule has 9 heteroatoms. The Morgan fingerprint density at radius 2 is 1.88 bits per heavy atom. The first-order chi connectivity index (χ1) is 21.1. The topological polar surface area (TPSA) is 90.5 Å². The molecule has 43 heavy (non-hydrogen) atoms. The number of ether oxygens (including phenoxy) is 5. The molecular formula is C34H51N3O6. The number of methoxy groups -OCH3 is 2. The summed E-state index contributed by atoms with van der Waals surface area (Å²) in [4.78, 5) is 14.8. The van der Waals surface area contributed by atoms with E-state index in [2.05, 4.69) is 64.9 Å². The molecule has 1 fully saturated rings. The average molecular weight is 598 g/mol. The van der Waals surface area contributed by atoms with Gasteiger partial charge in [-0.15, -0.1) is 0 Å². The monoisotopic (exact) mass is 597 g/mol. The fraction of sp³-hybridized carbons (Fsp3) is 0.618. The fourth-order valence-electron chi connectivity index (χ4n) is 6.13. The molecule has 0 bridgehead atoms. The standard InChI is InChI=1S/C34H51N3O6/c1-5-26(34(38)35-2)21-28-22-30(27-9-11-29(12-10-27)41-18-7-17-40-4)33(23-36-28)43-24-25-8-13-32-31(20-25)37(15-19-42-32)14-6-16-39-3/h8-13,20,26,28,30,33,36H,5-7,14-19,21-24H2,1-4H3,(H,35,38)/t26?,28-,30-,33+/m1/s1. The van der Waals surface area contributed by atoms with E-state index in [1.54, 1.807) is 21.3 Å². The summed E-state index contributed by atoms with van der Waals surface area (Å²) in [5.41, 5.74) is 3.49. The Kier molecular flexibility index (Phi) is 13.4. The lowest BCUT2D eigenvalue weighted by atomic mass is 9.81. The fourth-order valence-corrected chi connectivity index (χ4v) is 6.13. The van der Waals surface area contributed by atoms with Crippen molar-refractivity contribution in [3.05, 3.63) is 53.6 Å². The van der Waals surface area contributed by atoms with Crippen molar-refractivity contribution >= 4 is 11.6 Å². The molecule has 4 rings (SSSR count). The Morgan fingerprint density at radius 3 is 2.63 bits per heavy atom. The molecule has 1 amide bonds. The highest BCUT2D eigenvalue weighted by atomic mass is 16.5. The molecule has 2 aliphatic rings. The first kappa shape index (κ1) is 33.1. The summed E-state index contributed by atoms with van der Waals surface area (Å²) in [6.07, 6.45) is 4.36. The summed E-state index contributed by atoms with van der Waals surface area (Å²) >= 11 is 0. The van der Waals surface area contributed by atoms with Crippen LogP contribution in [0.3, 0.4) is 0 Å². The molecular weight excluding hydrogens is 546 g/mol. The number of nitrogens with zero attached hydrogens (tertiary/aromatic N) is 1. The minimum absolute atomic E-state index is 0.00473. The molecule has 0 aromatic heterocycles. The van der Waals surface area contributed by atoms with Crippen molar-refractivity contribution in [3.8, 4) is 11.5 Å². The van der Waals surface area contributed by atoms with Crippen molar-refractivity contribution in [3.63, 3.8) is 0 Å². The highest BCUT2D eigenvalue weighted by Gasteiger charge is 2.34. The smallest absolute Gasteiger partial charge is 0.222 e. The van der Waals surface area contributed by atoms with E-state index in [0.717, 1.165) is 81.1 Å². The summed E-state index contributed by atoms with van der Waals surface area (Å²) in [6, 6.07) is 15.1. The summed E-state index contributed by atoms with van der Waals surface area (Å²) in [5, 5.41) is 6.54. The second kappa shape index (κ2) is 17.4. The van der Waals surface area contributed by atoms with Crippen molar-refractivity contribution in [1.29, 1.82) is 0 Å². The number of carbonyl (C=O) groups excluding carboxylic acids is 1. The van der Waals surface area contributed by atoms with Gasteiger partial charge in [0.25, 0.3) is 0 Å². The molecule has 2 heterocycles. The zero-order chi connectivity index (χ0) is 30.4. The lowest BCUT2D eigenvalue weighted by Gasteiger charge is -2.38. The summed E-state index contributed by atoms with van der Waals surface area (Å²) in [7, 11) is 5.17. The quantitative estimate of drug-likeness (QED) is 0.257. The minimum Gasteiger partial charge on any atom is -0.494 e. The number of nitrogens with one attached hydrogen (secondary N) is 2. The van der Waals surface area contributed by atoms with Gasteiger partial charge in [-0.25, -0.2) is 0 Å². The van der Waals surface area contributed by atoms with Gasteiger partial charge < -0.3 is 39.2 Å². The molecule has 0 aliphatic carbocycles. The number of carbonyl (C=O) groups is 1. The van der Waals surface area contributed by atoms with Crippen LogP contribution in [0, 0.1) is 5.92 Å². The van der Waals surface area contributed by atoms with Crippen LogP contribution in [0.5, 0.6) is 11.5 Å². The third-order valence-corrected chi connectivity index (χ3v) is 8.57. The Bertz CT molecular complexity index is 1110. The van der Waals surface area contributed by atoms with Gasteiger partial charge in [0.1, 0.15) is 18.1 Å². The van der Waals surface area contributed by atoms with Gasteiger partial charge in [-0.3, -0.25) is 4.79 Å². The summed E-state index contributed by atoms with van der Waals surface area (Å²) in [6.45, 7) is 7.89. The first-order valence-corrected chi connectivity index (χ1v) is 15.8. The average Bonchev–Trinajstić information content (AvgIpc) is 3.05. The number of anilines is 1. The van der Waals surface area contributed by atoms with Gasteiger partial charge in [-0.05, 0) is 61.1 Å². The third kappa shape index (κ3) is 9.57. The van der Waals surface area contributed by atoms with Crippen LogP contribution in [0.4, 0.5) is 5.69 Å². The second-order valence-corrected chi connectivity index (χ2v) is 11.5. The van der Waals surface area contributed by atoms with Crippen LogP contribution < -0.4 is 25.0 Å². The van der Waals surface area contributed by atoms with E-state index in [1.165, 1.54) is 5.56 Å². The lowest BCUT2D eigenvalue weighted by molar-refractivity contribution is -0.125. The van der Waals surface area contributed by atoms with E-state index in [-0.39, 0.29) is 29.9 Å². The van der Waals surface area contributed by atoms with E-state index in [9.17, 15) is 4.79 Å². The minimum atomic E-state index is -0.00644. The Morgan fingerprint density at radius 1 is 1.09 bits per heavy atom. The van der Waals surface area contributed by atoms with Gasteiger partial charge in [0.05, 0.1) is 31.5 Å². The van der Waals surface area contributed by atoms with Crippen molar-refractivity contribution in [2.75, 3.05) is 72.2 Å². The summed E-state index contributed by atoms with van der Waals surface area (Å²) in [5.74, 6) is 2.09. The van der Waals surface area contributed by atoms with Gasteiger partial charge >= 0.3 is 0 Å². The maximum Gasteiger partial charge on any atom is 0.222 e. The van der Waals surface area contributed by atoms with Crippen LogP contribution in [0.1, 0.15) is 56.1 Å². The lowest BCUT2D eigenvalue weighted by Crippen LogP contribution is -2.48. The number of hydrogen-bond donors (Lipinski definition) is 2.